The second-order valence-electron chi connectivity index (χ2n) is 8.96. The molecule has 9 heteroatoms. The highest BCUT2D eigenvalue weighted by molar-refractivity contribution is 6.35. The van der Waals surface area contributed by atoms with E-state index in [1.165, 1.54) is 0 Å². The molecule has 1 aliphatic heterocycles. The van der Waals surface area contributed by atoms with Gasteiger partial charge in [0.25, 0.3) is 0 Å². The highest BCUT2D eigenvalue weighted by atomic mass is 35.5. The molecule has 8 nitrogen and oxygen atoms in total. The van der Waals surface area contributed by atoms with Crippen LogP contribution in [0.2, 0.25) is 5.02 Å². The van der Waals surface area contributed by atoms with E-state index in [4.69, 9.17) is 16.3 Å². The molecule has 1 unspecified atom stereocenters. The minimum atomic E-state index is -0.548. The summed E-state index contributed by atoms with van der Waals surface area (Å²) in [5.41, 5.74) is 1.55. The fourth-order valence-corrected chi connectivity index (χ4v) is 3.78. The number of carbonyl (C=O) groups excluding carboxylic acids is 2. The lowest BCUT2D eigenvalue weighted by atomic mass is 10.0. The van der Waals surface area contributed by atoms with Crippen LogP contribution in [-0.4, -0.2) is 46.7 Å². The number of piperidine rings is 1. The van der Waals surface area contributed by atoms with Crippen molar-refractivity contribution >= 4 is 46.0 Å². The van der Waals surface area contributed by atoms with Crippen molar-refractivity contribution in [1.29, 1.82) is 0 Å². The number of alkyl carbamates (subject to hydrolysis) is 1. The van der Waals surface area contributed by atoms with E-state index >= 15 is 0 Å². The number of hydrogen-bond acceptors (Lipinski definition) is 5. The van der Waals surface area contributed by atoms with Crippen LogP contribution >= 0.6 is 11.6 Å². The van der Waals surface area contributed by atoms with Crippen LogP contribution in [0.5, 0.6) is 0 Å². The van der Waals surface area contributed by atoms with E-state index in [1.807, 2.05) is 34.6 Å². The third-order valence-electron chi connectivity index (χ3n) is 4.87. The molecule has 1 saturated heterocycles. The first-order valence-electron chi connectivity index (χ1n) is 10.3. The molecule has 0 saturated carbocycles. The average molecular weight is 436 g/mol. The minimum absolute atomic E-state index is 0.0690. The molecular formula is C21H30ClN5O3. The summed E-state index contributed by atoms with van der Waals surface area (Å²) < 4.78 is 5.39. The molecule has 1 aliphatic rings. The molecule has 2 aromatic rings. The molecule has 3 rings (SSSR count). The summed E-state index contributed by atoms with van der Waals surface area (Å²) in [6.07, 6.45) is 4.66. The molecule has 3 N–H and O–H groups in total. The Balaban J connectivity index is 1.86. The van der Waals surface area contributed by atoms with Gasteiger partial charge in [-0.1, -0.05) is 25.4 Å². The number of H-pyrrole nitrogens is 1. The van der Waals surface area contributed by atoms with Gasteiger partial charge in [0.05, 0.1) is 28.0 Å². The third kappa shape index (κ3) is 5.16. The fraction of sp³-hybridized carbons (Fsp3) is 0.571. The predicted octanol–water partition coefficient (Wildman–Crippen LogP) is 4.30. The van der Waals surface area contributed by atoms with Crippen LogP contribution in [0.4, 0.5) is 16.2 Å². The van der Waals surface area contributed by atoms with Gasteiger partial charge in [0.2, 0.25) is 5.91 Å². The summed E-state index contributed by atoms with van der Waals surface area (Å²) >= 11 is 6.56. The van der Waals surface area contributed by atoms with E-state index in [9.17, 15) is 9.59 Å². The molecule has 2 amide bonds. The van der Waals surface area contributed by atoms with E-state index in [-0.39, 0.29) is 17.9 Å². The van der Waals surface area contributed by atoms with Crippen LogP contribution in [0.15, 0.2) is 12.4 Å². The quantitative estimate of drug-likeness (QED) is 0.664. The van der Waals surface area contributed by atoms with Crippen molar-refractivity contribution in [1.82, 2.24) is 15.3 Å². The number of rotatable bonds is 4. The Bertz CT molecular complexity index is 935. The molecule has 0 aliphatic carbocycles. The molecule has 0 bridgehead atoms. The van der Waals surface area contributed by atoms with Crippen molar-refractivity contribution in [3.05, 3.63) is 17.4 Å². The number of hydrogen-bond donors (Lipinski definition) is 3. The van der Waals surface area contributed by atoms with Gasteiger partial charge in [0.1, 0.15) is 11.2 Å². The molecule has 0 aromatic carbocycles. The van der Waals surface area contributed by atoms with Crippen LogP contribution in [0.3, 0.4) is 0 Å². The standard InChI is InChI=1S/C21H30ClN5O3/c1-12(2)19(28)26-15-10-24-18-16(15)17(14(22)9-23-18)27-8-6-7-13(11-27)25-20(29)30-21(3,4)5/h9-10,12-13H,6-8,11H2,1-5H3,(H,23,24)(H,25,29)(H,26,28). The number of pyridine rings is 1. The zero-order chi connectivity index (χ0) is 22.1. The minimum Gasteiger partial charge on any atom is -0.444 e. The summed E-state index contributed by atoms with van der Waals surface area (Å²) in [5.74, 6) is -0.229. The number of anilines is 2. The topological polar surface area (TPSA) is 99.4 Å². The largest absolute Gasteiger partial charge is 0.444 e. The second-order valence-corrected chi connectivity index (χ2v) is 9.36. The molecule has 1 fully saturated rings. The van der Waals surface area contributed by atoms with Crippen molar-refractivity contribution in [2.45, 2.75) is 59.1 Å². The average Bonchev–Trinajstić information content (AvgIpc) is 3.03. The first kappa shape index (κ1) is 22.2. The van der Waals surface area contributed by atoms with Gasteiger partial charge in [-0.25, -0.2) is 9.78 Å². The maximum atomic E-state index is 12.3. The molecule has 1 atom stereocenters. The highest BCUT2D eigenvalue weighted by Gasteiger charge is 2.28. The Hall–Kier alpha value is -2.48. The zero-order valence-corrected chi connectivity index (χ0v) is 18.9. The van der Waals surface area contributed by atoms with Crippen molar-refractivity contribution in [3.8, 4) is 0 Å². The normalized spacial score (nSPS) is 17.3. The van der Waals surface area contributed by atoms with Crippen molar-refractivity contribution < 1.29 is 14.3 Å². The van der Waals surface area contributed by atoms with Gasteiger partial charge < -0.3 is 25.3 Å². The highest BCUT2D eigenvalue weighted by Crippen LogP contribution is 2.38. The number of halogens is 1. The Labute approximate surface area is 181 Å². The van der Waals surface area contributed by atoms with E-state index < -0.39 is 11.7 Å². The number of ether oxygens (including phenoxy) is 1. The number of nitrogens with zero attached hydrogens (tertiary/aromatic N) is 2. The number of amides is 2. The van der Waals surface area contributed by atoms with Gasteiger partial charge in [-0.15, -0.1) is 0 Å². The van der Waals surface area contributed by atoms with E-state index in [2.05, 4.69) is 25.5 Å². The molecule has 0 spiro atoms. The third-order valence-corrected chi connectivity index (χ3v) is 5.15. The SMILES string of the molecule is CC(C)C(=O)Nc1c[nH]c2ncc(Cl)c(N3CCCC(NC(=O)OC(C)(C)C)C3)c12. The summed E-state index contributed by atoms with van der Waals surface area (Å²) in [7, 11) is 0. The molecule has 3 heterocycles. The zero-order valence-electron chi connectivity index (χ0n) is 18.1. The first-order valence-corrected chi connectivity index (χ1v) is 10.6. The smallest absolute Gasteiger partial charge is 0.407 e. The summed E-state index contributed by atoms with van der Waals surface area (Å²) in [4.78, 5) is 34.1. The van der Waals surface area contributed by atoms with Crippen molar-refractivity contribution in [2.75, 3.05) is 23.3 Å². The lowest BCUT2D eigenvalue weighted by molar-refractivity contribution is -0.118. The Kier molecular flexibility index (Phi) is 6.45. The van der Waals surface area contributed by atoms with Crippen LogP contribution in [0, 0.1) is 5.92 Å². The molecule has 30 heavy (non-hydrogen) atoms. The first-order chi connectivity index (χ1) is 14.0. The van der Waals surface area contributed by atoms with E-state index in [1.54, 1.807) is 12.4 Å². The van der Waals surface area contributed by atoms with Gasteiger partial charge in [-0.3, -0.25) is 4.79 Å². The lowest BCUT2D eigenvalue weighted by Gasteiger charge is -2.36. The van der Waals surface area contributed by atoms with Crippen LogP contribution in [0.25, 0.3) is 11.0 Å². The maximum absolute atomic E-state index is 12.3. The van der Waals surface area contributed by atoms with Crippen molar-refractivity contribution in [3.63, 3.8) is 0 Å². The summed E-state index contributed by atoms with van der Waals surface area (Å²) in [6.45, 7) is 10.6. The van der Waals surface area contributed by atoms with E-state index in [0.717, 1.165) is 30.5 Å². The van der Waals surface area contributed by atoms with Gasteiger partial charge in [0.15, 0.2) is 0 Å². The molecular weight excluding hydrogens is 406 g/mol. The van der Waals surface area contributed by atoms with Crippen LogP contribution in [-0.2, 0) is 9.53 Å². The van der Waals surface area contributed by atoms with E-state index in [0.29, 0.717) is 22.9 Å². The maximum Gasteiger partial charge on any atom is 0.407 e. The van der Waals surface area contributed by atoms with Gasteiger partial charge >= 0.3 is 6.09 Å². The Morgan fingerprint density at radius 3 is 2.77 bits per heavy atom. The van der Waals surface area contributed by atoms with Crippen LogP contribution in [0.1, 0.15) is 47.5 Å². The monoisotopic (exact) mass is 435 g/mol. The number of aromatic nitrogens is 2. The summed E-state index contributed by atoms with van der Waals surface area (Å²) in [5, 5.41) is 7.19. The number of fused-ring (bicyclic) bond motifs is 1. The number of carbonyl (C=O) groups is 2. The van der Waals surface area contributed by atoms with Gasteiger partial charge in [0, 0.05) is 31.2 Å². The Morgan fingerprint density at radius 1 is 1.37 bits per heavy atom. The molecule has 2 aromatic heterocycles. The second kappa shape index (κ2) is 8.71. The van der Waals surface area contributed by atoms with Crippen LogP contribution < -0.4 is 15.5 Å². The number of nitrogens with one attached hydrogen (secondary N) is 3. The lowest BCUT2D eigenvalue weighted by Crippen LogP contribution is -2.49. The summed E-state index contributed by atoms with van der Waals surface area (Å²) in [6, 6.07) is -0.0690. The van der Waals surface area contributed by atoms with Gasteiger partial charge in [-0.2, -0.15) is 0 Å². The number of aromatic amines is 1. The predicted molar refractivity (Wildman–Crippen MR) is 119 cm³/mol. The fourth-order valence-electron chi connectivity index (χ4n) is 3.51. The molecule has 164 valence electrons. The van der Waals surface area contributed by atoms with Crippen molar-refractivity contribution in [2.24, 2.45) is 5.92 Å². The van der Waals surface area contributed by atoms with Gasteiger partial charge in [-0.05, 0) is 33.6 Å². The molecule has 0 radical (unpaired) electrons. The Morgan fingerprint density at radius 2 is 2.10 bits per heavy atom.